The van der Waals surface area contributed by atoms with Crippen molar-refractivity contribution in [3.05, 3.63) is 24.8 Å². The normalized spacial score (nSPS) is 45.3. The molecule has 0 heterocycles. The third-order valence-corrected chi connectivity index (χ3v) is 8.11. The van der Waals surface area contributed by atoms with Gasteiger partial charge in [0, 0.05) is 25.9 Å². The third kappa shape index (κ3) is 5.08. The van der Waals surface area contributed by atoms with Gasteiger partial charge in [-0.1, -0.05) is 45.6 Å². The van der Waals surface area contributed by atoms with Gasteiger partial charge in [0.2, 0.25) is 0 Å². The van der Waals surface area contributed by atoms with Crippen LogP contribution in [0, 0.1) is 23.7 Å². The summed E-state index contributed by atoms with van der Waals surface area (Å²) < 4.78 is 5.56. The molecule has 9 atom stereocenters. The Hall–Kier alpha value is 0.180. The van der Waals surface area contributed by atoms with Crippen LogP contribution in [0.1, 0.15) is 46.5 Å². The second kappa shape index (κ2) is 9.04. The van der Waals surface area contributed by atoms with Crippen LogP contribution >= 0.6 is 21.2 Å². The molecule has 23 heavy (non-hydrogen) atoms. The van der Waals surface area contributed by atoms with Crippen molar-refractivity contribution in [1.82, 2.24) is 0 Å². The van der Waals surface area contributed by atoms with Crippen molar-refractivity contribution in [3.8, 4) is 0 Å². The minimum absolute atomic E-state index is 0.198. The monoisotopic (exact) mass is 356 g/mol. The molecule has 132 valence electrons. The van der Waals surface area contributed by atoms with Crippen LogP contribution in [0.4, 0.5) is 0 Å². The SMILES string of the molecule is C=C/C=C\C1CC(SC2CC(C)C(OP)CC2C)C(C)CC1O. The van der Waals surface area contributed by atoms with Crippen LogP contribution in [0.3, 0.4) is 0 Å². The maximum Gasteiger partial charge on any atom is 0.0639 e. The number of hydrogen-bond donors (Lipinski definition) is 1. The quantitative estimate of drug-likeness (QED) is 0.564. The first-order valence-corrected chi connectivity index (χ1v) is 10.4. The minimum Gasteiger partial charge on any atom is -0.393 e. The number of aliphatic hydroxyl groups excluding tert-OH is 1. The van der Waals surface area contributed by atoms with Gasteiger partial charge in [0.15, 0.2) is 0 Å². The molecule has 2 aliphatic rings. The summed E-state index contributed by atoms with van der Waals surface area (Å²) in [6, 6.07) is 0. The molecule has 9 unspecified atom stereocenters. The number of aliphatic hydroxyl groups is 1. The van der Waals surface area contributed by atoms with Crippen LogP contribution in [-0.2, 0) is 4.52 Å². The van der Waals surface area contributed by atoms with E-state index in [1.54, 1.807) is 6.08 Å². The van der Waals surface area contributed by atoms with Crippen molar-refractivity contribution in [2.45, 2.75) is 69.2 Å². The Morgan fingerprint density at radius 2 is 1.70 bits per heavy atom. The average molecular weight is 357 g/mol. The van der Waals surface area contributed by atoms with E-state index in [1.165, 1.54) is 6.42 Å². The Morgan fingerprint density at radius 3 is 2.35 bits per heavy atom. The van der Waals surface area contributed by atoms with Crippen molar-refractivity contribution in [1.29, 1.82) is 0 Å². The zero-order valence-corrected chi connectivity index (χ0v) is 16.7. The predicted octanol–water partition coefficient (Wildman–Crippen LogP) is 4.85. The molecule has 1 N–H and O–H groups in total. The second-order valence-electron chi connectivity index (χ2n) is 7.61. The maximum absolute atomic E-state index is 10.3. The first-order chi connectivity index (χ1) is 11.0. The molecule has 0 saturated heterocycles. The highest BCUT2D eigenvalue weighted by atomic mass is 32.2. The van der Waals surface area contributed by atoms with Crippen molar-refractivity contribution < 1.29 is 9.63 Å². The Morgan fingerprint density at radius 1 is 1.04 bits per heavy atom. The average Bonchev–Trinajstić information content (AvgIpc) is 2.51. The minimum atomic E-state index is -0.198. The highest BCUT2D eigenvalue weighted by Gasteiger charge is 2.38. The summed E-state index contributed by atoms with van der Waals surface area (Å²) in [6.07, 6.45) is 10.5. The van der Waals surface area contributed by atoms with Crippen LogP contribution in [0.5, 0.6) is 0 Å². The van der Waals surface area contributed by atoms with E-state index in [9.17, 15) is 5.11 Å². The van der Waals surface area contributed by atoms with Crippen LogP contribution in [0.15, 0.2) is 24.8 Å². The van der Waals surface area contributed by atoms with E-state index >= 15 is 0 Å². The highest BCUT2D eigenvalue weighted by Crippen LogP contribution is 2.45. The first kappa shape index (κ1) is 19.5. The lowest BCUT2D eigenvalue weighted by molar-refractivity contribution is 0.0726. The molecule has 2 aliphatic carbocycles. The number of thioether (sulfide) groups is 1. The Kier molecular flexibility index (Phi) is 7.66. The predicted molar refractivity (Wildman–Crippen MR) is 105 cm³/mol. The molecular formula is C19H33O2PS. The molecule has 2 rings (SSSR count). The van der Waals surface area contributed by atoms with Crippen molar-refractivity contribution in [3.63, 3.8) is 0 Å². The third-order valence-electron chi connectivity index (χ3n) is 5.74. The van der Waals surface area contributed by atoms with Gasteiger partial charge in [0.25, 0.3) is 0 Å². The van der Waals surface area contributed by atoms with E-state index < -0.39 is 0 Å². The fourth-order valence-electron chi connectivity index (χ4n) is 4.09. The van der Waals surface area contributed by atoms with E-state index in [0.717, 1.165) is 19.3 Å². The summed E-state index contributed by atoms with van der Waals surface area (Å²) in [6.45, 7) is 10.7. The van der Waals surface area contributed by atoms with E-state index in [1.807, 2.05) is 6.08 Å². The van der Waals surface area contributed by atoms with Crippen molar-refractivity contribution >= 4 is 21.2 Å². The summed E-state index contributed by atoms with van der Waals surface area (Å²) in [4.78, 5) is 0. The first-order valence-electron chi connectivity index (χ1n) is 8.94. The van der Waals surface area contributed by atoms with Crippen LogP contribution in [0.2, 0.25) is 0 Å². The zero-order valence-electron chi connectivity index (χ0n) is 14.7. The molecule has 0 amide bonds. The van der Waals surface area contributed by atoms with E-state index in [-0.39, 0.29) is 12.0 Å². The summed E-state index contributed by atoms with van der Waals surface area (Å²) >= 11 is 2.18. The standard InChI is InChI=1S/C19H33O2PS/c1-5-6-7-15-11-19(13(3)8-16(15)20)23-18-10-12(2)17(21-22)9-14(18)4/h5-7,12-20H,1,8-11,22H2,2-4H3/b7-6-. The Balaban J connectivity index is 1.97. The summed E-state index contributed by atoms with van der Waals surface area (Å²) in [5.41, 5.74) is 0. The van der Waals surface area contributed by atoms with Gasteiger partial charge < -0.3 is 9.63 Å². The van der Waals surface area contributed by atoms with Crippen molar-refractivity contribution in [2.75, 3.05) is 0 Å². The van der Waals surface area contributed by atoms with E-state index in [2.05, 4.69) is 54.7 Å². The molecule has 0 spiro atoms. The van der Waals surface area contributed by atoms with Crippen LogP contribution in [-0.4, -0.2) is 27.8 Å². The molecule has 2 nitrogen and oxygen atoms in total. The molecule has 0 radical (unpaired) electrons. The van der Waals surface area contributed by atoms with E-state index in [0.29, 0.717) is 34.4 Å². The zero-order chi connectivity index (χ0) is 17.0. The molecule has 0 aromatic carbocycles. The Labute approximate surface area is 148 Å². The largest absolute Gasteiger partial charge is 0.393 e. The molecule has 0 bridgehead atoms. The van der Waals surface area contributed by atoms with Crippen LogP contribution in [0.25, 0.3) is 0 Å². The lowest BCUT2D eigenvalue weighted by atomic mass is 9.80. The van der Waals surface area contributed by atoms with Gasteiger partial charge in [-0.25, -0.2) is 0 Å². The summed E-state index contributed by atoms with van der Waals surface area (Å²) in [5, 5.41) is 11.7. The molecule has 2 saturated carbocycles. The topological polar surface area (TPSA) is 29.5 Å². The number of hydrogen-bond acceptors (Lipinski definition) is 3. The smallest absolute Gasteiger partial charge is 0.0639 e. The molecule has 0 aromatic heterocycles. The number of rotatable bonds is 5. The van der Waals surface area contributed by atoms with Gasteiger partial charge in [-0.3, -0.25) is 0 Å². The fourth-order valence-corrected chi connectivity index (χ4v) is 6.42. The number of allylic oxidation sites excluding steroid dienone is 2. The summed E-state index contributed by atoms with van der Waals surface area (Å²) in [7, 11) is 2.45. The molecule has 4 heteroatoms. The van der Waals surface area contributed by atoms with Gasteiger partial charge in [-0.05, 0) is 43.4 Å². The summed E-state index contributed by atoms with van der Waals surface area (Å²) in [5.74, 6) is 2.19. The molecular weight excluding hydrogens is 323 g/mol. The van der Waals surface area contributed by atoms with E-state index in [4.69, 9.17) is 4.52 Å². The lowest BCUT2D eigenvalue weighted by Crippen LogP contribution is -2.39. The second-order valence-corrected chi connectivity index (χ2v) is 9.37. The maximum atomic E-state index is 10.3. The van der Waals surface area contributed by atoms with Crippen molar-refractivity contribution in [2.24, 2.45) is 23.7 Å². The lowest BCUT2D eigenvalue weighted by Gasteiger charge is -2.42. The Bertz CT molecular complexity index is 414. The van der Waals surface area contributed by atoms with Gasteiger partial charge in [-0.2, -0.15) is 11.8 Å². The fraction of sp³-hybridized carbons (Fsp3) is 0.789. The van der Waals surface area contributed by atoms with Gasteiger partial charge >= 0.3 is 0 Å². The molecule has 2 fully saturated rings. The highest BCUT2D eigenvalue weighted by molar-refractivity contribution is 8.00. The van der Waals surface area contributed by atoms with Gasteiger partial charge in [0.1, 0.15) is 0 Å². The van der Waals surface area contributed by atoms with Gasteiger partial charge in [0.05, 0.1) is 12.2 Å². The van der Waals surface area contributed by atoms with Crippen LogP contribution < -0.4 is 0 Å². The molecule has 0 aliphatic heterocycles. The molecule has 0 aromatic rings. The van der Waals surface area contributed by atoms with Gasteiger partial charge in [-0.15, -0.1) is 0 Å².